The number of hydrogen-bond acceptors (Lipinski definition) is 5. The maximum Gasteiger partial charge on any atom is 0.247 e. The minimum Gasteiger partial charge on any atom is -0.497 e. The standard InChI is InChI=1S/C19H24N2O4S/c1-15-4-6-16(7-5-15)20-10-12-21(13-11-20)26(22,23)19-14-17(24-2)8-9-18(19)25-3/h4-9,14H,10-13H2,1-3H3. The first-order valence-electron chi connectivity index (χ1n) is 8.49. The molecule has 2 aromatic rings. The third kappa shape index (κ3) is 3.64. The van der Waals surface area contributed by atoms with E-state index in [4.69, 9.17) is 9.47 Å². The Labute approximate surface area is 155 Å². The van der Waals surface area contributed by atoms with Crippen LogP contribution in [0.2, 0.25) is 0 Å². The second kappa shape index (κ2) is 7.55. The Morgan fingerprint density at radius 2 is 1.54 bits per heavy atom. The number of hydrogen-bond donors (Lipinski definition) is 0. The Kier molecular flexibility index (Phi) is 5.38. The molecule has 1 saturated heterocycles. The molecule has 1 aliphatic rings. The predicted molar refractivity (Wildman–Crippen MR) is 102 cm³/mol. The Bertz CT molecular complexity index is 858. The Balaban J connectivity index is 1.79. The van der Waals surface area contributed by atoms with Crippen molar-refractivity contribution in [3.63, 3.8) is 0 Å². The van der Waals surface area contributed by atoms with E-state index in [2.05, 4.69) is 36.1 Å². The highest BCUT2D eigenvalue weighted by Gasteiger charge is 2.31. The van der Waals surface area contributed by atoms with Gasteiger partial charge >= 0.3 is 0 Å². The van der Waals surface area contributed by atoms with Gasteiger partial charge in [0, 0.05) is 37.9 Å². The number of anilines is 1. The van der Waals surface area contributed by atoms with Crippen LogP contribution in [0.1, 0.15) is 5.56 Å². The number of aryl methyl sites for hydroxylation is 1. The van der Waals surface area contributed by atoms with Crippen LogP contribution >= 0.6 is 0 Å². The van der Waals surface area contributed by atoms with Crippen LogP contribution < -0.4 is 14.4 Å². The Morgan fingerprint density at radius 1 is 0.885 bits per heavy atom. The van der Waals surface area contributed by atoms with Gasteiger partial charge in [0.15, 0.2) is 0 Å². The van der Waals surface area contributed by atoms with Crippen LogP contribution in [0, 0.1) is 6.92 Å². The molecule has 0 spiro atoms. The van der Waals surface area contributed by atoms with Crippen LogP contribution in [0.3, 0.4) is 0 Å². The fraction of sp³-hybridized carbons (Fsp3) is 0.368. The van der Waals surface area contributed by atoms with E-state index in [1.54, 1.807) is 12.1 Å². The van der Waals surface area contributed by atoms with Gasteiger partial charge in [0.05, 0.1) is 14.2 Å². The number of benzene rings is 2. The van der Waals surface area contributed by atoms with Crippen LogP contribution in [0.5, 0.6) is 11.5 Å². The number of nitrogens with zero attached hydrogens (tertiary/aromatic N) is 2. The van der Waals surface area contributed by atoms with E-state index in [-0.39, 0.29) is 4.90 Å². The van der Waals surface area contributed by atoms with Gasteiger partial charge in [0.1, 0.15) is 16.4 Å². The Hall–Kier alpha value is -2.25. The number of sulfonamides is 1. The monoisotopic (exact) mass is 376 g/mol. The molecular weight excluding hydrogens is 352 g/mol. The smallest absolute Gasteiger partial charge is 0.247 e. The molecule has 0 unspecified atom stereocenters. The van der Waals surface area contributed by atoms with Crippen molar-refractivity contribution >= 4 is 15.7 Å². The van der Waals surface area contributed by atoms with Crippen molar-refractivity contribution in [1.29, 1.82) is 0 Å². The number of piperazine rings is 1. The minimum absolute atomic E-state index is 0.142. The molecule has 0 saturated carbocycles. The zero-order valence-electron chi connectivity index (χ0n) is 15.3. The molecule has 0 radical (unpaired) electrons. The molecule has 1 fully saturated rings. The molecule has 0 aromatic heterocycles. The summed E-state index contributed by atoms with van der Waals surface area (Å²) in [6.07, 6.45) is 0. The van der Waals surface area contributed by atoms with Crippen molar-refractivity contribution in [3.8, 4) is 11.5 Å². The first-order chi connectivity index (χ1) is 12.5. The number of methoxy groups -OCH3 is 2. The summed E-state index contributed by atoms with van der Waals surface area (Å²) in [6, 6.07) is 13.1. The minimum atomic E-state index is -3.65. The van der Waals surface area contributed by atoms with Crippen LogP contribution in [-0.4, -0.2) is 53.1 Å². The summed E-state index contributed by atoms with van der Waals surface area (Å²) < 4.78 is 38.1. The lowest BCUT2D eigenvalue weighted by molar-refractivity contribution is 0.371. The molecule has 0 aliphatic carbocycles. The van der Waals surface area contributed by atoms with Gasteiger partial charge in [-0.1, -0.05) is 17.7 Å². The molecule has 140 valence electrons. The first-order valence-corrected chi connectivity index (χ1v) is 9.93. The molecule has 6 nitrogen and oxygen atoms in total. The average molecular weight is 376 g/mol. The molecule has 0 bridgehead atoms. The van der Waals surface area contributed by atoms with E-state index >= 15 is 0 Å². The van der Waals surface area contributed by atoms with Crippen molar-refractivity contribution < 1.29 is 17.9 Å². The fourth-order valence-electron chi connectivity index (χ4n) is 3.07. The fourth-order valence-corrected chi connectivity index (χ4v) is 4.66. The van der Waals surface area contributed by atoms with Gasteiger partial charge in [-0.15, -0.1) is 0 Å². The summed E-state index contributed by atoms with van der Waals surface area (Å²) >= 11 is 0. The van der Waals surface area contributed by atoms with Crippen molar-refractivity contribution in [2.75, 3.05) is 45.3 Å². The van der Waals surface area contributed by atoms with Gasteiger partial charge in [-0.3, -0.25) is 0 Å². The average Bonchev–Trinajstić information content (AvgIpc) is 2.68. The normalized spacial score (nSPS) is 15.7. The van der Waals surface area contributed by atoms with Crippen LogP contribution in [0.4, 0.5) is 5.69 Å². The molecule has 2 aromatic carbocycles. The lowest BCUT2D eigenvalue weighted by Gasteiger charge is -2.35. The van der Waals surface area contributed by atoms with E-state index in [1.165, 1.54) is 30.2 Å². The summed E-state index contributed by atoms with van der Waals surface area (Å²) in [7, 11) is -0.667. The van der Waals surface area contributed by atoms with Gasteiger partial charge in [-0.25, -0.2) is 8.42 Å². The molecule has 0 amide bonds. The summed E-state index contributed by atoms with van der Waals surface area (Å²) in [5, 5.41) is 0. The first kappa shape index (κ1) is 18.5. The van der Waals surface area contributed by atoms with E-state index in [1.807, 2.05) is 0 Å². The zero-order valence-corrected chi connectivity index (χ0v) is 16.1. The molecule has 0 N–H and O–H groups in total. The second-order valence-corrected chi connectivity index (χ2v) is 8.15. The van der Waals surface area contributed by atoms with E-state index in [9.17, 15) is 8.42 Å². The van der Waals surface area contributed by atoms with Crippen LogP contribution in [0.25, 0.3) is 0 Å². The molecule has 7 heteroatoms. The maximum absolute atomic E-state index is 13.1. The highest BCUT2D eigenvalue weighted by atomic mass is 32.2. The van der Waals surface area contributed by atoms with Crippen molar-refractivity contribution in [2.45, 2.75) is 11.8 Å². The van der Waals surface area contributed by atoms with Gasteiger partial charge in [0.2, 0.25) is 10.0 Å². The topological polar surface area (TPSA) is 59.1 Å². The second-order valence-electron chi connectivity index (χ2n) is 6.24. The summed E-state index contributed by atoms with van der Waals surface area (Å²) in [5.74, 6) is 0.814. The zero-order chi connectivity index (χ0) is 18.7. The van der Waals surface area contributed by atoms with Crippen molar-refractivity contribution in [3.05, 3.63) is 48.0 Å². The molecular formula is C19H24N2O4S. The molecule has 3 rings (SSSR count). The third-order valence-electron chi connectivity index (χ3n) is 4.63. The van der Waals surface area contributed by atoms with Crippen molar-refractivity contribution in [1.82, 2.24) is 4.31 Å². The predicted octanol–water partition coefficient (Wildman–Crippen LogP) is 2.52. The summed E-state index contributed by atoms with van der Waals surface area (Å²) in [4.78, 5) is 2.34. The quantitative estimate of drug-likeness (QED) is 0.803. The lowest BCUT2D eigenvalue weighted by Crippen LogP contribution is -2.48. The largest absolute Gasteiger partial charge is 0.497 e. The molecule has 26 heavy (non-hydrogen) atoms. The molecule has 1 aliphatic heterocycles. The third-order valence-corrected chi connectivity index (χ3v) is 6.55. The molecule has 0 atom stereocenters. The maximum atomic E-state index is 13.1. The SMILES string of the molecule is COc1ccc(OC)c(S(=O)(=O)N2CCN(c3ccc(C)cc3)CC2)c1. The highest BCUT2D eigenvalue weighted by Crippen LogP contribution is 2.31. The highest BCUT2D eigenvalue weighted by molar-refractivity contribution is 7.89. The van der Waals surface area contributed by atoms with E-state index in [0.717, 1.165) is 5.69 Å². The summed E-state index contributed by atoms with van der Waals surface area (Å²) in [6.45, 7) is 4.20. The van der Waals surface area contributed by atoms with Gasteiger partial charge in [-0.05, 0) is 31.2 Å². The van der Waals surface area contributed by atoms with Crippen LogP contribution in [-0.2, 0) is 10.0 Å². The number of ether oxygens (including phenoxy) is 2. The number of rotatable bonds is 5. The molecule has 1 heterocycles. The summed E-state index contributed by atoms with van der Waals surface area (Å²) in [5.41, 5.74) is 2.33. The van der Waals surface area contributed by atoms with Gasteiger partial charge < -0.3 is 14.4 Å². The van der Waals surface area contributed by atoms with E-state index in [0.29, 0.717) is 37.7 Å². The van der Waals surface area contributed by atoms with Crippen LogP contribution in [0.15, 0.2) is 47.4 Å². The Morgan fingerprint density at radius 3 is 2.12 bits per heavy atom. The van der Waals surface area contributed by atoms with E-state index < -0.39 is 10.0 Å². The van der Waals surface area contributed by atoms with Gasteiger partial charge in [0.25, 0.3) is 0 Å². The van der Waals surface area contributed by atoms with Crippen molar-refractivity contribution in [2.24, 2.45) is 0 Å². The van der Waals surface area contributed by atoms with Gasteiger partial charge in [-0.2, -0.15) is 4.31 Å². The lowest BCUT2D eigenvalue weighted by atomic mass is 10.2.